The quantitative estimate of drug-likeness (QED) is 0.531. The summed E-state index contributed by atoms with van der Waals surface area (Å²) in [5, 5.41) is 4.26. The van der Waals surface area contributed by atoms with Gasteiger partial charge in [0.2, 0.25) is 0 Å². The first kappa shape index (κ1) is 7.96. The molecule has 0 aliphatic carbocycles. The maximum atomic E-state index is 4.26. The molecule has 1 heteroatoms. The van der Waals surface area contributed by atoms with Gasteiger partial charge in [-0.1, -0.05) is 13.8 Å². The fourth-order valence-corrected chi connectivity index (χ4v) is 0.566. The van der Waals surface area contributed by atoms with Crippen LogP contribution in [-0.2, 0) is 0 Å². The van der Waals surface area contributed by atoms with E-state index in [9.17, 15) is 0 Å². The van der Waals surface area contributed by atoms with Crippen LogP contribution in [0.3, 0.4) is 0 Å². The van der Waals surface area contributed by atoms with Crippen molar-refractivity contribution in [2.24, 2.45) is 0 Å². The lowest BCUT2D eigenvalue weighted by Crippen LogP contribution is -2.32. The molecule has 8 heavy (non-hydrogen) atoms. The zero-order chi connectivity index (χ0) is 6.62. The van der Waals surface area contributed by atoms with Crippen molar-refractivity contribution < 1.29 is 0 Å². The van der Waals surface area contributed by atoms with E-state index in [0.717, 1.165) is 12.8 Å². The average Bonchev–Trinajstić information content (AvgIpc) is 1.87. The predicted octanol–water partition coefficient (Wildman–Crippen LogP) is 1.80. The maximum Gasteiger partial charge on any atom is 0.0320 e. The molecule has 0 heterocycles. The van der Waals surface area contributed by atoms with Crippen LogP contribution in [0.2, 0.25) is 0 Å². The van der Waals surface area contributed by atoms with Crippen molar-refractivity contribution in [3.63, 3.8) is 0 Å². The fourth-order valence-electron chi connectivity index (χ4n) is 0.566. The van der Waals surface area contributed by atoms with Gasteiger partial charge in [-0.25, -0.2) is 5.32 Å². The molecule has 0 fully saturated rings. The van der Waals surface area contributed by atoms with Crippen LogP contribution in [0.5, 0.6) is 0 Å². The van der Waals surface area contributed by atoms with Gasteiger partial charge >= 0.3 is 0 Å². The Bertz CT molecular complexity index is 47.1. The van der Waals surface area contributed by atoms with Gasteiger partial charge in [-0.15, -0.1) is 0 Å². The Hall–Kier alpha value is -0.0400. The summed E-state index contributed by atoms with van der Waals surface area (Å²) >= 11 is 0. The third-order valence-corrected chi connectivity index (χ3v) is 2.06. The van der Waals surface area contributed by atoms with Crippen molar-refractivity contribution in [2.45, 2.75) is 39.2 Å². The zero-order valence-corrected chi connectivity index (χ0v) is 6.36. The normalized spacial score (nSPS) is 12.0. The van der Waals surface area contributed by atoms with E-state index in [-0.39, 0.29) is 5.54 Å². The van der Waals surface area contributed by atoms with Gasteiger partial charge in [0.25, 0.3) is 0 Å². The molecule has 0 saturated carbocycles. The third kappa shape index (κ3) is 1.83. The zero-order valence-electron chi connectivity index (χ0n) is 6.36. The van der Waals surface area contributed by atoms with Crippen LogP contribution in [0.1, 0.15) is 33.6 Å². The number of rotatable bonds is 3. The summed E-state index contributed by atoms with van der Waals surface area (Å²) < 4.78 is 0. The van der Waals surface area contributed by atoms with Crippen molar-refractivity contribution >= 4 is 0 Å². The fraction of sp³-hybridized carbons (Fsp3) is 1.00. The molecule has 0 bridgehead atoms. The first-order valence-corrected chi connectivity index (χ1v) is 3.29. The van der Waals surface area contributed by atoms with Crippen LogP contribution < -0.4 is 5.32 Å². The Morgan fingerprint density at radius 1 is 1.25 bits per heavy atom. The van der Waals surface area contributed by atoms with Crippen molar-refractivity contribution in [3.05, 3.63) is 0 Å². The summed E-state index contributed by atoms with van der Waals surface area (Å²) in [5.74, 6) is 0. The largest absolute Gasteiger partial charge is 0.239 e. The molecule has 0 aromatic heterocycles. The molecule has 0 amide bonds. The van der Waals surface area contributed by atoms with Crippen LogP contribution in [0.4, 0.5) is 0 Å². The summed E-state index contributed by atoms with van der Waals surface area (Å²) in [6.07, 6.45) is 2.31. The monoisotopic (exact) mass is 114 g/mol. The minimum absolute atomic E-state index is 0.250. The molecule has 0 aromatic rings. The Labute approximate surface area is 52.5 Å². The molecule has 0 spiro atoms. The highest BCUT2D eigenvalue weighted by atomic mass is 14.9. The minimum Gasteiger partial charge on any atom is -0.239 e. The summed E-state index contributed by atoms with van der Waals surface area (Å²) in [6.45, 7) is 6.54. The van der Waals surface area contributed by atoms with Crippen molar-refractivity contribution in [2.75, 3.05) is 7.05 Å². The third-order valence-electron chi connectivity index (χ3n) is 2.06. The van der Waals surface area contributed by atoms with Crippen LogP contribution in [0, 0.1) is 0 Å². The summed E-state index contributed by atoms with van der Waals surface area (Å²) in [5.41, 5.74) is 0.250. The van der Waals surface area contributed by atoms with Crippen molar-refractivity contribution in [1.82, 2.24) is 5.32 Å². The van der Waals surface area contributed by atoms with E-state index in [1.165, 1.54) is 0 Å². The van der Waals surface area contributed by atoms with E-state index in [1.54, 1.807) is 0 Å². The van der Waals surface area contributed by atoms with E-state index in [0.29, 0.717) is 0 Å². The van der Waals surface area contributed by atoms with E-state index >= 15 is 0 Å². The van der Waals surface area contributed by atoms with Crippen molar-refractivity contribution in [3.8, 4) is 0 Å². The van der Waals surface area contributed by atoms with Gasteiger partial charge in [-0.3, -0.25) is 0 Å². The Morgan fingerprint density at radius 2 is 1.62 bits per heavy atom. The predicted molar refractivity (Wildman–Crippen MR) is 37.0 cm³/mol. The topological polar surface area (TPSA) is 14.1 Å². The Kier molecular flexibility index (Phi) is 3.06. The first-order valence-electron chi connectivity index (χ1n) is 3.29. The van der Waals surface area contributed by atoms with Crippen LogP contribution >= 0.6 is 0 Å². The van der Waals surface area contributed by atoms with Gasteiger partial charge in [-0.2, -0.15) is 0 Å². The van der Waals surface area contributed by atoms with E-state index in [2.05, 4.69) is 26.1 Å². The van der Waals surface area contributed by atoms with Gasteiger partial charge in [0.1, 0.15) is 0 Å². The molecule has 0 aliphatic rings. The SMILES string of the molecule is CCC(C)(CC)[N]C. The van der Waals surface area contributed by atoms with Gasteiger partial charge in [0.05, 0.1) is 0 Å². The second-order valence-corrected chi connectivity index (χ2v) is 2.43. The highest BCUT2D eigenvalue weighted by Crippen LogP contribution is 2.12. The van der Waals surface area contributed by atoms with Gasteiger partial charge < -0.3 is 0 Å². The van der Waals surface area contributed by atoms with E-state index in [4.69, 9.17) is 0 Å². The number of hydrogen-bond acceptors (Lipinski definition) is 0. The van der Waals surface area contributed by atoms with E-state index < -0.39 is 0 Å². The lowest BCUT2D eigenvalue weighted by molar-refractivity contribution is 0.352. The smallest absolute Gasteiger partial charge is 0.0320 e. The molecule has 0 aliphatic heterocycles. The molecule has 1 nitrogen and oxygen atoms in total. The summed E-state index contributed by atoms with van der Waals surface area (Å²) in [7, 11) is 1.90. The van der Waals surface area contributed by atoms with Gasteiger partial charge in [0.15, 0.2) is 0 Å². The van der Waals surface area contributed by atoms with Crippen LogP contribution in [0.25, 0.3) is 0 Å². The lowest BCUT2D eigenvalue weighted by Gasteiger charge is -2.23. The van der Waals surface area contributed by atoms with E-state index in [1.807, 2.05) is 7.05 Å². The molecular weight excluding hydrogens is 98.1 g/mol. The molecule has 49 valence electrons. The van der Waals surface area contributed by atoms with Gasteiger partial charge in [0, 0.05) is 12.6 Å². The second kappa shape index (κ2) is 3.08. The molecule has 0 N–H and O–H groups in total. The minimum atomic E-state index is 0.250. The summed E-state index contributed by atoms with van der Waals surface area (Å²) in [6, 6.07) is 0. The molecule has 1 radical (unpaired) electrons. The Morgan fingerprint density at radius 3 is 1.62 bits per heavy atom. The highest BCUT2D eigenvalue weighted by Gasteiger charge is 2.16. The molecule has 0 rings (SSSR count). The molecular formula is C7H16N. The number of nitrogens with zero attached hydrogens (tertiary/aromatic N) is 1. The lowest BCUT2D eigenvalue weighted by atomic mass is 9.96. The molecule has 0 atom stereocenters. The maximum absolute atomic E-state index is 4.26. The van der Waals surface area contributed by atoms with Crippen LogP contribution in [0.15, 0.2) is 0 Å². The number of hydrogen-bond donors (Lipinski definition) is 0. The summed E-state index contributed by atoms with van der Waals surface area (Å²) in [4.78, 5) is 0. The average molecular weight is 114 g/mol. The highest BCUT2D eigenvalue weighted by molar-refractivity contribution is 4.76. The molecule has 0 unspecified atom stereocenters. The first-order chi connectivity index (χ1) is 3.68. The second-order valence-electron chi connectivity index (χ2n) is 2.43. The van der Waals surface area contributed by atoms with Gasteiger partial charge in [-0.05, 0) is 19.8 Å². The standard InChI is InChI=1S/C7H16N/c1-5-7(3,6-2)8-4/h5-6H2,1-4H3. The Balaban J connectivity index is 3.58. The molecule has 0 saturated heterocycles. The van der Waals surface area contributed by atoms with Crippen molar-refractivity contribution in [1.29, 1.82) is 0 Å². The van der Waals surface area contributed by atoms with Crippen LogP contribution in [-0.4, -0.2) is 12.6 Å². The molecule has 0 aromatic carbocycles.